The van der Waals surface area contributed by atoms with Crippen LogP contribution in [0.4, 0.5) is 4.79 Å². The molecule has 0 spiro atoms. The predicted molar refractivity (Wildman–Crippen MR) is 71.9 cm³/mol. The van der Waals surface area contributed by atoms with Crippen molar-refractivity contribution in [1.82, 2.24) is 19.6 Å². The highest BCUT2D eigenvalue weighted by Gasteiger charge is 2.31. The molecule has 6 heteroatoms. The number of rotatable bonds is 3. The van der Waals surface area contributed by atoms with Crippen LogP contribution in [0.3, 0.4) is 0 Å². The SMILES string of the molecule is CCOC[C@@H]1CN(C(=O)N(C)C)Cc2cnn(C)c21. The van der Waals surface area contributed by atoms with E-state index in [0.29, 0.717) is 26.3 Å². The van der Waals surface area contributed by atoms with Gasteiger partial charge in [0.15, 0.2) is 0 Å². The van der Waals surface area contributed by atoms with Crippen molar-refractivity contribution in [2.24, 2.45) is 7.05 Å². The van der Waals surface area contributed by atoms with Gasteiger partial charge in [0.25, 0.3) is 0 Å². The molecule has 19 heavy (non-hydrogen) atoms. The smallest absolute Gasteiger partial charge is 0.319 e. The summed E-state index contributed by atoms with van der Waals surface area (Å²) in [5, 5.41) is 4.30. The first-order chi connectivity index (χ1) is 9.04. The zero-order valence-electron chi connectivity index (χ0n) is 12.1. The largest absolute Gasteiger partial charge is 0.381 e. The van der Waals surface area contributed by atoms with E-state index in [9.17, 15) is 4.79 Å². The molecular formula is C13H22N4O2. The molecule has 106 valence electrons. The van der Waals surface area contributed by atoms with Gasteiger partial charge in [0.05, 0.1) is 25.0 Å². The molecule has 2 heterocycles. The summed E-state index contributed by atoms with van der Waals surface area (Å²) in [6.07, 6.45) is 1.85. The average molecular weight is 266 g/mol. The van der Waals surface area contributed by atoms with Crippen LogP contribution in [0.15, 0.2) is 6.20 Å². The number of carbonyl (C=O) groups excluding carboxylic acids is 1. The summed E-state index contributed by atoms with van der Waals surface area (Å²) in [6.45, 7) is 4.60. The average Bonchev–Trinajstić information content (AvgIpc) is 2.76. The lowest BCUT2D eigenvalue weighted by Crippen LogP contribution is -2.44. The Morgan fingerprint density at radius 2 is 2.32 bits per heavy atom. The first-order valence-electron chi connectivity index (χ1n) is 6.59. The summed E-state index contributed by atoms with van der Waals surface area (Å²) >= 11 is 0. The van der Waals surface area contributed by atoms with Crippen LogP contribution in [0.25, 0.3) is 0 Å². The van der Waals surface area contributed by atoms with Gasteiger partial charge in [-0.3, -0.25) is 4.68 Å². The molecule has 0 fully saturated rings. The molecular weight excluding hydrogens is 244 g/mol. The molecule has 0 aliphatic carbocycles. The summed E-state index contributed by atoms with van der Waals surface area (Å²) in [6, 6.07) is 0.0380. The number of urea groups is 1. The lowest BCUT2D eigenvalue weighted by atomic mass is 9.97. The number of aromatic nitrogens is 2. The normalized spacial score (nSPS) is 18.3. The quantitative estimate of drug-likeness (QED) is 0.821. The van der Waals surface area contributed by atoms with Crippen LogP contribution in [0.2, 0.25) is 0 Å². The van der Waals surface area contributed by atoms with Crippen molar-refractivity contribution in [3.8, 4) is 0 Å². The summed E-state index contributed by atoms with van der Waals surface area (Å²) < 4.78 is 7.45. The van der Waals surface area contributed by atoms with Crippen molar-refractivity contribution in [1.29, 1.82) is 0 Å². The topological polar surface area (TPSA) is 50.6 Å². The Balaban J connectivity index is 2.22. The maximum atomic E-state index is 12.1. The highest BCUT2D eigenvalue weighted by Crippen LogP contribution is 2.28. The zero-order chi connectivity index (χ0) is 14.0. The van der Waals surface area contributed by atoms with E-state index in [1.54, 1.807) is 19.0 Å². The lowest BCUT2D eigenvalue weighted by Gasteiger charge is -2.34. The van der Waals surface area contributed by atoms with Gasteiger partial charge in [0, 0.05) is 45.8 Å². The summed E-state index contributed by atoms with van der Waals surface area (Å²) in [5.74, 6) is 0.195. The molecule has 0 radical (unpaired) electrons. The molecule has 1 aliphatic heterocycles. The molecule has 1 aromatic rings. The van der Waals surface area contributed by atoms with E-state index >= 15 is 0 Å². The Bertz CT molecular complexity index is 455. The van der Waals surface area contributed by atoms with E-state index in [4.69, 9.17) is 4.74 Å². The highest BCUT2D eigenvalue weighted by atomic mass is 16.5. The molecule has 1 aromatic heterocycles. The second kappa shape index (κ2) is 5.61. The molecule has 0 saturated heterocycles. The molecule has 0 unspecified atom stereocenters. The van der Waals surface area contributed by atoms with E-state index in [1.807, 2.05) is 29.7 Å². The van der Waals surface area contributed by atoms with Gasteiger partial charge in [0.2, 0.25) is 0 Å². The fraction of sp³-hybridized carbons (Fsp3) is 0.692. The minimum absolute atomic E-state index is 0.0380. The van der Waals surface area contributed by atoms with Crippen LogP contribution in [0, 0.1) is 0 Å². The molecule has 6 nitrogen and oxygen atoms in total. The summed E-state index contributed by atoms with van der Waals surface area (Å²) in [4.78, 5) is 15.6. The first kappa shape index (κ1) is 13.9. The van der Waals surface area contributed by atoms with Gasteiger partial charge in [-0.05, 0) is 6.92 Å². The molecule has 2 rings (SSSR count). The lowest BCUT2D eigenvalue weighted by molar-refractivity contribution is 0.104. The van der Waals surface area contributed by atoms with Gasteiger partial charge in [-0.15, -0.1) is 0 Å². The Labute approximate surface area is 113 Å². The van der Waals surface area contributed by atoms with Crippen molar-refractivity contribution in [3.05, 3.63) is 17.5 Å². The summed E-state index contributed by atoms with van der Waals surface area (Å²) in [5.41, 5.74) is 2.31. The van der Waals surface area contributed by atoms with Crippen molar-refractivity contribution >= 4 is 6.03 Å². The van der Waals surface area contributed by atoms with Crippen LogP contribution < -0.4 is 0 Å². The molecule has 0 saturated carbocycles. The van der Waals surface area contributed by atoms with E-state index in [-0.39, 0.29) is 11.9 Å². The number of hydrogen-bond acceptors (Lipinski definition) is 3. The van der Waals surface area contributed by atoms with Crippen molar-refractivity contribution in [2.45, 2.75) is 19.4 Å². The number of carbonyl (C=O) groups is 1. The fourth-order valence-electron chi connectivity index (χ4n) is 2.58. The van der Waals surface area contributed by atoms with E-state index < -0.39 is 0 Å². The van der Waals surface area contributed by atoms with Crippen LogP contribution in [-0.2, 0) is 18.3 Å². The van der Waals surface area contributed by atoms with Crippen LogP contribution in [-0.4, -0.2) is 59.5 Å². The van der Waals surface area contributed by atoms with Gasteiger partial charge in [-0.2, -0.15) is 5.10 Å². The second-order valence-corrected chi connectivity index (χ2v) is 5.09. The molecule has 1 atom stereocenters. The highest BCUT2D eigenvalue weighted by molar-refractivity contribution is 5.74. The minimum atomic E-state index is 0.0380. The number of aryl methyl sites for hydroxylation is 1. The first-order valence-corrected chi connectivity index (χ1v) is 6.59. The molecule has 2 amide bonds. The van der Waals surface area contributed by atoms with Gasteiger partial charge >= 0.3 is 6.03 Å². The third kappa shape index (κ3) is 2.73. The van der Waals surface area contributed by atoms with Crippen LogP contribution >= 0.6 is 0 Å². The van der Waals surface area contributed by atoms with Crippen molar-refractivity contribution < 1.29 is 9.53 Å². The molecule has 1 aliphatic rings. The maximum Gasteiger partial charge on any atom is 0.319 e. The molecule has 0 aromatic carbocycles. The maximum absolute atomic E-state index is 12.1. The van der Waals surface area contributed by atoms with Gasteiger partial charge < -0.3 is 14.5 Å². The third-order valence-corrected chi connectivity index (χ3v) is 3.43. The fourth-order valence-corrected chi connectivity index (χ4v) is 2.58. The molecule has 0 bridgehead atoms. The third-order valence-electron chi connectivity index (χ3n) is 3.43. The number of fused-ring (bicyclic) bond motifs is 1. The monoisotopic (exact) mass is 266 g/mol. The van der Waals surface area contributed by atoms with Crippen LogP contribution in [0.1, 0.15) is 24.1 Å². The van der Waals surface area contributed by atoms with Crippen LogP contribution in [0.5, 0.6) is 0 Å². The standard InChI is InChI=1S/C13H22N4O2/c1-5-19-9-11-8-17(13(18)15(2)3)7-10-6-14-16(4)12(10)11/h6,11H,5,7-9H2,1-4H3/t11-/m0/s1. The Kier molecular flexibility index (Phi) is 4.09. The van der Waals surface area contributed by atoms with Gasteiger partial charge in [-0.25, -0.2) is 4.79 Å². The predicted octanol–water partition coefficient (Wildman–Crippen LogP) is 1.04. The Morgan fingerprint density at radius 3 is 2.95 bits per heavy atom. The van der Waals surface area contributed by atoms with Gasteiger partial charge in [0.1, 0.15) is 0 Å². The van der Waals surface area contributed by atoms with Crippen molar-refractivity contribution in [3.63, 3.8) is 0 Å². The van der Waals surface area contributed by atoms with E-state index in [0.717, 1.165) is 5.56 Å². The van der Waals surface area contributed by atoms with E-state index in [1.165, 1.54) is 5.69 Å². The van der Waals surface area contributed by atoms with Crippen molar-refractivity contribution in [2.75, 3.05) is 33.9 Å². The van der Waals surface area contributed by atoms with E-state index in [2.05, 4.69) is 5.10 Å². The molecule has 0 N–H and O–H groups in total. The number of ether oxygens (including phenoxy) is 1. The second-order valence-electron chi connectivity index (χ2n) is 5.09. The Morgan fingerprint density at radius 1 is 1.58 bits per heavy atom. The number of amides is 2. The number of hydrogen-bond donors (Lipinski definition) is 0. The van der Waals surface area contributed by atoms with Gasteiger partial charge in [-0.1, -0.05) is 0 Å². The number of nitrogens with zero attached hydrogens (tertiary/aromatic N) is 4. The Hall–Kier alpha value is -1.56. The minimum Gasteiger partial charge on any atom is -0.381 e. The zero-order valence-corrected chi connectivity index (χ0v) is 12.1. The summed E-state index contributed by atoms with van der Waals surface area (Å²) in [7, 11) is 5.50.